The number of rotatable bonds is 5. The Morgan fingerprint density at radius 2 is 1.83 bits per heavy atom. The van der Waals surface area contributed by atoms with E-state index in [4.69, 9.17) is 9.84 Å². The van der Waals surface area contributed by atoms with Crippen LogP contribution in [0.3, 0.4) is 0 Å². The quantitative estimate of drug-likeness (QED) is 0.656. The monoisotopic (exact) mass is 389 g/mol. The van der Waals surface area contributed by atoms with Crippen LogP contribution in [-0.2, 0) is 24.3 Å². The zero-order valence-electron chi connectivity index (χ0n) is 17.1. The van der Waals surface area contributed by atoms with Crippen LogP contribution in [0.1, 0.15) is 30.2 Å². The summed E-state index contributed by atoms with van der Waals surface area (Å²) in [5, 5.41) is 4.78. The summed E-state index contributed by atoms with van der Waals surface area (Å²) in [4.78, 5) is 14.9. The summed E-state index contributed by atoms with van der Waals surface area (Å²) in [5.74, 6) is 0.992. The predicted octanol–water partition coefficient (Wildman–Crippen LogP) is 4.23. The van der Waals surface area contributed by atoms with E-state index in [9.17, 15) is 4.79 Å². The van der Waals surface area contributed by atoms with Crippen LogP contribution in [0.5, 0.6) is 5.75 Å². The lowest BCUT2D eigenvalue weighted by Gasteiger charge is -2.20. The number of fused-ring (bicyclic) bond motifs is 1. The van der Waals surface area contributed by atoms with Crippen molar-refractivity contribution >= 4 is 5.91 Å². The standard InChI is InChI=1S/C24H27N3O2/c1-3-29-22-11-7-19(8-12-22)15-24(28)26-13-4-14-27-21(17-26)16-23(25-27)20-9-5-18(2)6-10-20/h5-12,16H,3-4,13-15,17H2,1-2H3. The van der Waals surface area contributed by atoms with Crippen LogP contribution in [0, 0.1) is 6.92 Å². The van der Waals surface area contributed by atoms with Crippen molar-refractivity contribution < 1.29 is 9.53 Å². The fourth-order valence-electron chi connectivity index (χ4n) is 3.70. The minimum atomic E-state index is 0.153. The summed E-state index contributed by atoms with van der Waals surface area (Å²) in [7, 11) is 0. The van der Waals surface area contributed by atoms with Gasteiger partial charge in [-0.1, -0.05) is 42.0 Å². The van der Waals surface area contributed by atoms with Crippen LogP contribution in [0.25, 0.3) is 11.3 Å². The third kappa shape index (κ3) is 4.50. The zero-order valence-corrected chi connectivity index (χ0v) is 17.1. The van der Waals surface area contributed by atoms with Gasteiger partial charge in [-0.05, 0) is 44.0 Å². The van der Waals surface area contributed by atoms with Gasteiger partial charge in [0.25, 0.3) is 0 Å². The third-order valence-electron chi connectivity index (χ3n) is 5.30. The van der Waals surface area contributed by atoms with Gasteiger partial charge in [-0.2, -0.15) is 5.10 Å². The molecule has 5 heteroatoms. The molecule has 1 aliphatic heterocycles. The molecule has 3 aromatic rings. The Morgan fingerprint density at radius 3 is 2.55 bits per heavy atom. The Morgan fingerprint density at radius 1 is 1.07 bits per heavy atom. The first kappa shape index (κ1) is 19.2. The van der Waals surface area contributed by atoms with Crippen molar-refractivity contribution in [1.82, 2.24) is 14.7 Å². The van der Waals surface area contributed by atoms with Gasteiger partial charge < -0.3 is 9.64 Å². The molecule has 0 N–H and O–H groups in total. The van der Waals surface area contributed by atoms with Crippen molar-refractivity contribution in [1.29, 1.82) is 0 Å². The summed E-state index contributed by atoms with van der Waals surface area (Å²) in [6.07, 6.45) is 1.32. The molecule has 1 aliphatic rings. The lowest BCUT2D eigenvalue weighted by atomic mass is 10.1. The fraction of sp³-hybridized carbons (Fsp3) is 0.333. The Hall–Kier alpha value is -3.08. The van der Waals surface area contributed by atoms with Crippen molar-refractivity contribution in [2.75, 3.05) is 13.2 Å². The molecule has 2 heterocycles. The van der Waals surface area contributed by atoms with Crippen LogP contribution >= 0.6 is 0 Å². The van der Waals surface area contributed by atoms with Gasteiger partial charge in [0.2, 0.25) is 5.91 Å². The normalized spacial score (nSPS) is 13.7. The first-order valence-electron chi connectivity index (χ1n) is 10.3. The summed E-state index contributed by atoms with van der Waals surface area (Å²) in [5.41, 5.74) is 5.43. The number of hydrogen-bond donors (Lipinski definition) is 0. The molecule has 150 valence electrons. The highest BCUT2D eigenvalue weighted by Crippen LogP contribution is 2.23. The van der Waals surface area contributed by atoms with Gasteiger partial charge >= 0.3 is 0 Å². The van der Waals surface area contributed by atoms with Crippen molar-refractivity contribution in [3.63, 3.8) is 0 Å². The van der Waals surface area contributed by atoms with Gasteiger partial charge in [0, 0.05) is 18.7 Å². The van der Waals surface area contributed by atoms with E-state index in [-0.39, 0.29) is 5.91 Å². The van der Waals surface area contributed by atoms with E-state index < -0.39 is 0 Å². The van der Waals surface area contributed by atoms with E-state index in [1.54, 1.807) is 0 Å². The Bertz CT molecular complexity index is 974. The lowest BCUT2D eigenvalue weighted by molar-refractivity contribution is -0.131. The molecule has 4 rings (SSSR count). The second kappa shape index (κ2) is 8.52. The topological polar surface area (TPSA) is 47.4 Å². The molecular formula is C24H27N3O2. The van der Waals surface area contributed by atoms with E-state index in [0.29, 0.717) is 19.6 Å². The highest BCUT2D eigenvalue weighted by molar-refractivity contribution is 5.79. The molecule has 29 heavy (non-hydrogen) atoms. The molecule has 0 bridgehead atoms. The molecule has 0 spiro atoms. The molecule has 0 atom stereocenters. The summed E-state index contributed by atoms with van der Waals surface area (Å²) < 4.78 is 7.53. The minimum Gasteiger partial charge on any atom is -0.494 e. The number of ether oxygens (including phenoxy) is 1. The maximum Gasteiger partial charge on any atom is 0.227 e. The molecule has 5 nitrogen and oxygen atoms in total. The molecule has 2 aromatic carbocycles. The molecule has 0 saturated carbocycles. The Kier molecular flexibility index (Phi) is 5.65. The lowest BCUT2D eigenvalue weighted by Crippen LogP contribution is -2.32. The highest BCUT2D eigenvalue weighted by Gasteiger charge is 2.21. The smallest absolute Gasteiger partial charge is 0.227 e. The maximum absolute atomic E-state index is 12.9. The summed E-state index contributed by atoms with van der Waals surface area (Å²) >= 11 is 0. The van der Waals surface area contributed by atoms with Crippen molar-refractivity contribution in [3.05, 3.63) is 71.4 Å². The average Bonchev–Trinajstić information content (AvgIpc) is 3.01. The average molecular weight is 389 g/mol. The fourth-order valence-corrected chi connectivity index (χ4v) is 3.70. The number of nitrogens with zero attached hydrogens (tertiary/aromatic N) is 3. The molecule has 0 unspecified atom stereocenters. The molecule has 0 radical (unpaired) electrons. The first-order valence-corrected chi connectivity index (χ1v) is 10.3. The van der Waals surface area contributed by atoms with Gasteiger partial charge in [-0.15, -0.1) is 0 Å². The third-order valence-corrected chi connectivity index (χ3v) is 5.30. The van der Waals surface area contributed by atoms with E-state index >= 15 is 0 Å². The van der Waals surface area contributed by atoms with E-state index in [2.05, 4.69) is 41.9 Å². The second-order valence-corrected chi connectivity index (χ2v) is 7.53. The molecular weight excluding hydrogens is 362 g/mol. The van der Waals surface area contributed by atoms with E-state index in [1.807, 2.05) is 36.1 Å². The maximum atomic E-state index is 12.9. The predicted molar refractivity (Wildman–Crippen MR) is 114 cm³/mol. The SMILES string of the molecule is CCOc1ccc(CC(=O)N2CCCn3nc(-c4ccc(C)cc4)cc3C2)cc1. The molecule has 0 fully saturated rings. The number of aryl methyl sites for hydroxylation is 2. The van der Waals surface area contributed by atoms with Gasteiger partial charge in [0.1, 0.15) is 5.75 Å². The van der Waals surface area contributed by atoms with Crippen molar-refractivity contribution in [3.8, 4) is 17.0 Å². The Labute approximate surface area is 171 Å². The Balaban J connectivity index is 1.46. The van der Waals surface area contributed by atoms with Crippen molar-refractivity contribution in [2.24, 2.45) is 0 Å². The number of carbonyl (C=O) groups is 1. The second-order valence-electron chi connectivity index (χ2n) is 7.53. The summed E-state index contributed by atoms with van der Waals surface area (Å²) in [6.45, 7) is 6.90. The van der Waals surface area contributed by atoms with Crippen LogP contribution in [0.4, 0.5) is 0 Å². The minimum absolute atomic E-state index is 0.153. The van der Waals surface area contributed by atoms with E-state index in [1.165, 1.54) is 5.56 Å². The number of amides is 1. The largest absolute Gasteiger partial charge is 0.494 e. The summed E-state index contributed by atoms with van der Waals surface area (Å²) in [6, 6.07) is 18.3. The molecule has 1 aromatic heterocycles. The van der Waals surface area contributed by atoms with Crippen LogP contribution in [0.15, 0.2) is 54.6 Å². The molecule has 1 amide bonds. The van der Waals surface area contributed by atoms with Crippen LogP contribution < -0.4 is 4.74 Å². The van der Waals surface area contributed by atoms with Gasteiger partial charge in [0.15, 0.2) is 0 Å². The van der Waals surface area contributed by atoms with E-state index in [0.717, 1.165) is 47.8 Å². The van der Waals surface area contributed by atoms with Gasteiger partial charge in [-0.3, -0.25) is 9.48 Å². The number of hydrogen-bond acceptors (Lipinski definition) is 3. The molecule has 0 aliphatic carbocycles. The zero-order chi connectivity index (χ0) is 20.2. The van der Waals surface area contributed by atoms with Crippen LogP contribution in [0.2, 0.25) is 0 Å². The van der Waals surface area contributed by atoms with Crippen LogP contribution in [-0.4, -0.2) is 33.7 Å². The first-order chi connectivity index (χ1) is 14.1. The number of benzene rings is 2. The van der Waals surface area contributed by atoms with Gasteiger partial charge in [0.05, 0.1) is 31.0 Å². The highest BCUT2D eigenvalue weighted by atomic mass is 16.5. The number of carbonyl (C=O) groups excluding carboxylic acids is 1. The van der Waals surface area contributed by atoms with Crippen molar-refractivity contribution in [2.45, 2.75) is 39.8 Å². The van der Waals surface area contributed by atoms with Gasteiger partial charge in [-0.25, -0.2) is 0 Å². The number of aromatic nitrogens is 2. The molecule has 0 saturated heterocycles.